The molecule has 0 saturated carbocycles. The van der Waals surface area contributed by atoms with Crippen molar-refractivity contribution in [2.24, 2.45) is 0 Å². The third-order valence-electron chi connectivity index (χ3n) is 0. The Kier molecular flexibility index (Phi) is 99.3. The maximum absolute atomic E-state index is 8.48. The van der Waals surface area contributed by atoms with Gasteiger partial charge >= 0.3 is 67.8 Å². The van der Waals surface area contributed by atoms with Gasteiger partial charge in [0, 0.05) is 0 Å². The van der Waals surface area contributed by atoms with Crippen molar-refractivity contribution in [3.8, 4) is 0 Å². The fourth-order valence-electron chi connectivity index (χ4n) is 0. The zero-order valence-electron chi connectivity index (χ0n) is 5.13. The monoisotopic (exact) mass is 322 g/mol. The van der Waals surface area contributed by atoms with Crippen LogP contribution >= 0.6 is 8.60 Å². The number of rotatable bonds is 0. The molecule has 50 valence electrons. The molecule has 0 unspecified atom stereocenters. The van der Waals surface area contributed by atoms with Gasteiger partial charge in [0.2, 0.25) is 0 Å². The van der Waals surface area contributed by atoms with Gasteiger partial charge in [-0.2, -0.15) is 0 Å². The second-order valence-corrected chi connectivity index (χ2v) is 0.671. The van der Waals surface area contributed by atoms with Crippen molar-refractivity contribution in [1.29, 1.82) is 0 Å². The first-order valence-corrected chi connectivity index (χ1v) is 6.57. The Balaban J connectivity index is -0.0000000262. The molecule has 0 aliphatic carbocycles. The van der Waals surface area contributed by atoms with E-state index in [2.05, 4.69) is 0 Å². The van der Waals surface area contributed by atoms with E-state index in [9.17, 15) is 0 Å². The molecule has 0 bridgehead atoms. The predicted molar refractivity (Wildman–Crippen MR) is 13.6 cm³/mol. The van der Waals surface area contributed by atoms with E-state index in [-0.39, 0.29) is 0 Å². The zero-order chi connectivity index (χ0) is 9.58. The summed E-state index contributed by atoms with van der Waals surface area (Å²) in [7, 11) is -3.37. The predicted octanol–water partition coefficient (Wildman–Crippen LogP) is -4.38. The first kappa shape index (κ1) is 22.7. The minimum absolute atomic E-state index is 0.375. The van der Waals surface area contributed by atoms with Crippen LogP contribution in [0, 0.1) is 0 Å². The number of hydrogen-bond acceptors (Lipinski definition) is 6. The van der Waals surface area contributed by atoms with Gasteiger partial charge in [-0.25, -0.2) is 0 Å². The van der Waals surface area contributed by atoms with Gasteiger partial charge in [-0.05, 0) is 0 Å². The van der Waals surface area contributed by atoms with Crippen molar-refractivity contribution >= 4 is 8.60 Å². The summed E-state index contributed by atoms with van der Waals surface area (Å²) in [5.41, 5.74) is 0. The van der Waals surface area contributed by atoms with Crippen LogP contribution < -0.4 is 14.7 Å². The maximum atomic E-state index is 8.48. The van der Waals surface area contributed by atoms with E-state index in [0.29, 0.717) is 56.0 Å². The van der Waals surface area contributed by atoms with Crippen LogP contribution in [0.25, 0.3) is 0 Å². The average Bonchev–Trinajstić information content (AvgIpc) is 1.98. The Morgan fingerprint density at radius 1 is 0.700 bits per heavy atom. The van der Waals surface area contributed by atoms with E-state index in [0.717, 1.165) is 0 Å². The average molecular weight is 326 g/mol. The van der Waals surface area contributed by atoms with E-state index < -0.39 is 8.60 Å². The van der Waals surface area contributed by atoms with Gasteiger partial charge in [0.05, 0.1) is 0 Å². The Morgan fingerprint density at radius 2 is 0.700 bits per heavy atom. The summed E-state index contributed by atoms with van der Waals surface area (Å²) in [5.74, 6) is 0. The summed E-state index contributed by atoms with van der Waals surface area (Å²) in [6.07, 6.45) is 0. The van der Waals surface area contributed by atoms with Gasteiger partial charge < -0.3 is 23.3 Å². The van der Waals surface area contributed by atoms with Crippen molar-refractivity contribution in [2.45, 2.75) is 0 Å². The SMILES string of the molecule is [O-]P([O-])[O-].[OH][Zn+].[OH][Zn+].[OH][Zn+]. The molecule has 0 aromatic rings. The molecule has 6 nitrogen and oxygen atoms in total. The Hall–Kier alpha value is 2.06. The molecule has 0 heterocycles. The molecular weight excluding hydrogens is 323 g/mol. The zero-order valence-corrected chi connectivity index (χ0v) is 14.9. The molecule has 3 N–H and O–H groups in total. The summed E-state index contributed by atoms with van der Waals surface area (Å²) in [6, 6.07) is 0. The van der Waals surface area contributed by atoms with Crippen LogP contribution in [0.4, 0.5) is 0 Å². The molecule has 0 atom stereocenters. The molecule has 0 aliphatic rings. The van der Waals surface area contributed by atoms with E-state index >= 15 is 0 Å². The summed E-state index contributed by atoms with van der Waals surface area (Å²) in [6.45, 7) is 0. The fourth-order valence-corrected chi connectivity index (χ4v) is 0. The molecule has 10 heavy (non-hydrogen) atoms. The molecule has 0 amide bonds. The summed E-state index contributed by atoms with van der Waals surface area (Å²) >= 11 is 1.12. The topological polar surface area (TPSA) is 130 Å². The fraction of sp³-hybridized carbons (Fsp3) is 0. The van der Waals surface area contributed by atoms with Gasteiger partial charge in [-0.15, -0.1) is 0 Å². The number of hydrogen-bond donors (Lipinski definition) is 3. The second kappa shape index (κ2) is 43.7. The molecule has 0 radical (unpaired) electrons. The third kappa shape index (κ3) is 195. The van der Waals surface area contributed by atoms with Gasteiger partial charge in [-0.1, -0.05) is 0 Å². The van der Waals surface area contributed by atoms with Gasteiger partial charge in [-0.3, -0.25) is 0 Å². The minimum atomic E-state index is -3.37. The van der Waals surface area contributed by atoms with Crippen LogP contribution in [-0.2, 0) is 56.0 Å². The molecule has 10 heteroatoms. The quantitative estimate of drug-likeness (QED) is 0.304. The molecule has 0 spiro atoms. The van der Waals surface area contributed by atoms with Crippen LogP contribution in [0.15, 0.2) is 0 Å². The molecule has 0 rings (SSSR count). The first-order chi connectivity index (χ1) is 4.73. The first-order valence-electron chi connectivity index (χ1n) is 1.50. The van der Waals surface area contributed by atoms with E-state index in [4.69, 9.17) is 26.5 Å². The van der Waals surface area contributed by atoms with Gasteiger partial charge in [0.25, 0.3) is 0 Å². The molecule has 0 fully saturated rings. The summed E-state index contributed by atoms with van der Waals surface area (Å²) < 4.78 is 21.4. The van der Waals surface area contributed by atoms with Crippen LogP contribution in [-0.4, -0.2) is 11.8 Å². The van der Waals surface area contributed by atoms with Crippen molar-refractivity contribution < 1.29 is 82.5 Å². The molecule has 0 aliphatic heterocycles. The van der Waals surface area contributed by atoms with Gasteiger partial charge in [0.1, 0.15) is 0 Å². The van der Waals surface area contributed by atoms with Crippen molar-refractivity contribution in [3.63, 3.8) is 0 Å². The van der Waals surface area contributed by atoms with Crippen LogP contribution in [0.3, 0.4) is 0 Å². The third-order valence-corrected chi connectivity index (χ3v) is 0. The molecule has 0 aromatic heterocycles. The summed E-state index contributed by atoms with van der Waals surface area (Å²) in [5, 5.41) is 0. The Morgan fingerprint density at radius 3 is 0.700 bits per heavy atom. The molecule has 0 aromatic carbocycles. The molecule has 0 saturated heterocycles. The van der Waals surface area contributed by atoms with Crippen molar-refractivity contribution in [2.75, 3.05) is 0 Å². The van der Waals surface area contributed by atoms with Crippen molar-refractivity contribution in [3.05, 3.63) is 0 Å². The van der Waals surface area contributed by atoms with Crippen molar-refractivity contribution in [1.82, 2.24) is 0 Å². The van der Waals surface area contributed by atoms with Crippen LogP contribution in [0.2, 0.25) is 0 Å². The van der Waals surface area contributed by atoms with E-state index in [1.807, 2.05) is 0 Å². The van der Waals surface area contributed by atoms with E-state index in [1.54, 1.807) is 0 Å². The normalized spacial score (nSPS) is 5.70. The Bertz CT molecular complexity index is 17.7. The van der Waals surface area contributed by atoms with Gasteiger partial charge in [0.15, 0.2) is 0 Å². The van der Waals surface area contributed by atoms with E-state index in [1.165, 1.54) is 0 Å². The second-order valence-electron chi connectivity index (χ2n) is 0.224. The standard InChI is InChI=1S/O3P.3H2O.3Zn/c1-4(2)3;;;;;;/h;3*1H2;;;/q-3;;;;3*+2/p-3. The molecular formula is H3O6PZn3. The Labute approximate surface area is 90.5 Å². The van der Waals surface area contributed by atoms with Crippen LogP contribution in [0.1, 0.15) is 0 Å². The van der Waals surface area contributed by atoms with Crippen LogP contribution in [0.5, 0.6) is 0 Å². The summed E-state index contributed by atoms with van der Waals surface area (Å²) in [4.78, 5) is 25.4.